The van der Waals surface area contributed by atoms with Gasteiger partial charge in [0, 0.05) is 6.42 Å². The van der Waals surface area contributed by atoms with Gasteiger partial charge < -0.3 is 9.47 Å². The van der Waals surface area contributed by atoms with Crippen LogP contribution in [0.2, 0.25) is 0 Å². The van der Waals surface area contributed by atoms with E-state index in [-0.39, 0.29) is 12.1 Å². The number of hydrazine groups is 1. The molecule has 18 heavy (non-hydrogen) atoms. The summed E-state index contributed by atoms with van der Waals surface area (Å²) in [4.78, 5) is 0. The molecule has 1 saturated heterocycles. The van der Waals surface area contributed by atoms with Gasteiger partial charge in [-0.05, 0) is 37.0 Å². The Morgan fingerprint density at radius 1 is 1.39 bits per heavy atom. The maximum Gasteiger partial charge on any atom is 0.122 e. The maximum atomic E-state index is 5.91. The first-order valence-electron chi connectivity index (χ1n) is 6.65. The third-order valence-corrected chi connectivity index (χ3v) is 3.89. The van der Waals surface area contributed by atoms with Gasteiger partial charge in [-0.15, -0.1) is 0 Å². The Morgan fingerprint density at radius 3 is 3.00 bits per heavy atom. The van der Waals surface area contributed by atoms with Crippen molar-refractivity contribution in [2.75, 3.05) is 6.61 Å². The molecule has 0 bridgehead atoms. The van der Waals surface area contributed by atoms with Crippen LogP contribution in [0.25, 0.3) is 0 Å². The SMILES string of the molecule is CC1CCC(C(NN)c2ccc3c(c2)CCO3)O1. The highest BCUT2D eigenvalue weighted by Crippen LogP contribution is 2.33. The monoisotopic (exact) mass is 248 g/mol. The molecule has 3 rings (SSSR count). The van der Waals surface area contributed by atoms with Crippen molar-refractivity contribution in [1.82, 2.24) is 5.43 Å². The standard InChI is InChI=1S/C14H20N2O2/c1-9-2-4-13(18-9)14(16-15)11-3-5-12-10(8-11)6-7-17-12/h3,5,8-9,13-14,16H,2,4,6-7,15H2,1H3. The van der Waals surface area contributed by atoms with Crippen molar-refractivity contribution in [1.29, 1.82) is 0 Å². The lowest BCUT2D eigenvalue weighted by atomic mass is 9.97. The zero-order valence-electron chi connectivity index (χ0n) is 10.7. The van der Waals surface area contributed by atoms with Gasteiger partial charge in [0.05, 0.1) is 24.9 Å². The molecule has 98 valence electrons. The highest BCUT2D eigenvalue weighted by molar-refractivity contribution is 5.41. The highest BCUT2D eigenvalue weighted by Gasteiger charge is 2.30. The van der Waals surface area contributed by atoms with Gasteiger partial charge in [0.1, 0.15) is 5.75 Å². The molecule has 0 aromatic heterocycles. The van der Waals surface area contributed by atoms with Crippen LogP contribution in [-0.2, 0) is 11.2 Å². The molecule has 2 aliphatic heterocycles. The van der Waals surface area contributed by atoms with Crippen LogP contribution in [0.5, 0.6) is 5.75 Å². The molecular formula is C14H20N2O2. The summed E-state index contributed by atoms with van der Waals surface area (Å²) in [6.07, 6.45) is 3.66. The van der Waals surface area contributed by atoms with Gasteiger partial charge in [-0.2, -0.15) is 0 Å². The largest absolute Gasteiger partial charge is 0.493 e. The van der Waals surface area contributed by atoms with Crippen molar-refractivity contribution < 1.29 is 9.47 Å². The first kappa shape index (κ1) is 12.0. The Balaban J connectivity index is 1.83. The molecule has 4 nitrogen and oxygen atoms in total. The minimum atomic E-state index is 0.0702. The van der Waals surface area contributed by atoms with Gasteiger partial charge in [-0.25, -0.2) is 0 Å². The zero-order chi connectivity index (χ0) is 12.5. The second-order valence-electron chi connectivity index (χ2n) is 5.17. The predicted molar refractivity (Wildman–Crippen MR) is 69.3 cm³/mol. The summed E-state index contributed by atoms with van der Waals surface area (Å²) < 4.78 is 11.4. The Labute approximate surface area is 107 Å². The molecule has 1 fully saturated rings. The van der Waals surface area contributed by atoms with E-state index in [2.05, 4.69) is 24.5 Å². The smallest absolute Gasteiger partial charge is 0.122 e. The lowest BCUT2D eigenvalue weighted by molar-refractivity contribution is 0.0316. The third kappa shape index (κ3) is 2.11. The first-order valence-corrected chi connectivity index (χ1v) is 6.65. The van der Waals surface area contributed by atoms with Crippen molar-refractivity contribution in [3.8, 4) is 5.75 Å². The van der Waals surface area contributed by atoms with Crippen LogP contribution in [0, 0.1) is 0 Å². The molecule has 2 aliphatic rings. The number of rotatable bonds is 3. The Hall–Kier alpha value is -1.10. The van der Waals surface area contributed by atoms with E-state index in [1.807, 2.05) is 6.07 Å². The van der Waals surface area contributed by atoms with Crippen molar-refractivity contribution in [2.45, 2.75) is 44.4 Å². The minimum absolute atomic E-state index is 0.0702. The molecule has 0 aliphatic carbocycles. The number of hydrogen-bond donors (Lipinski definition) is 2. The summed E-state index contributed by atoms with van der Waals surface area (Å²) in [5.74, 6) is 6.72. The summed E-state index contributed by atoms with van der Waals surface area (Å²) in [7, 11) is 0. The predicted octanol–water partition coefficient (Wildman–Crippen LogP) is 1.69. The number of benzene rings is 1. The molecular weight excluding hydrogens is 228 g/mol. The normalized spacial score (nSPS) is 27.9. The second-order valence-corrected chi connectivity index (χ2v) is 5.17. The van der Waals surface area contributed by atoms with Gasteiger partial charge >= 0.3 is 0 Å². The molecule has 0 spiro atoms. The third-order valence-electron chi connectivity index (χ3n) is 3.89. The van der Waals surface area contributed by atoms with Crippen LogP contribution >= 0.6 is 0 Å². The highest BCUT2D eigenvalue weighted by atomic mass is 16.5. The molecule has 3 atom stereocenters. The van der Waals surface area contributed by atoms with Crippen LogP contribution in [0.3, 0.4) is 0 Å². The molecule has 1 aromatic carbocycles. The van der Waals surface area contributed by atoms with E-state index in [0.29, 0.717) is 6.10 Å². The molecule has 3 unspecified atom stereocenters. The fourth-order valence-electron chi connectivity index (χ4n) is 2.90. The van der Waals surface area contributed by atoms with Gasteiger partial charge in [-0.3, -0.25) is 11.3 Å². The fraction of sp³-hybridized carbons (Fsp3) is 0.571. The van der Waals surface area contributed by atoms with Gasteiger partial charge in [0.15, 0.2) is 0 Å². The van der Waals surface area contributed by atoms with E-state index in [4.69, 9.17) is 15.3 Å². The number of nitrogens with two attached hydrogens (primary N) is 1. The maximum absolute atomic E-state index is 5.91. The van der Waals surface area contributed by atoms with Crippen molar-refractivity contribution in [3.63, 3.8) is 0 Å². The number of hydrogen-bond acceptors (Lipinski definition) is 4. The molecule has 2 heterocycles. The van der Waals surface area contributed by atoms with E-state index >= 15 is 0 Å². The van der Waals surface area contributed by atoms with Crippen LogP contribution in [0.15, 0.2) is 18.2 Å². The number of ether oxygens (including phenoxy) is 2. The zero-order valence-corrected chi connectivity index (χ0v) is 10.7. The summed E-state index contributed by atoms with van der Waals surface area (Å²) in [6, 6.07) is 6.39. The van der Waals surface area contributed by atoms with Gasteiger partial charge in [0.25, 0.3) is 0 Å². The topological polar surface area (TPSA) is 56.5 Å². The van der Waals surface area contributed by atoms with Crippen molar-refractivity contribution in [2.24, 2.45) is 5.84 Å². The number of fused-ring (bicyclic) bond motifs is 1. The Morgan fingerprint density at radius 2 is 2.28 bits per heavy atom. The summed E-state index contributed by atoms with van der Waals surface area (Å²) >= 11 is 0. The van der Waals surface area contributed by atoms with E-state index in [1.165, 1.54) is 11.1 Å². The Kier molecular flexibility index (Phi) is 3.24. The van der Waals surface area contributed by atoms with Crippen LogP contribution < -0.4 is 16.0 Å². The minimum Gasteiger partial charge on any atom is -0.493 e. The van der Waals surface area contributed by atoms with Crippen molar-refractivity contribution in [3.05, 3.63) is 29.3 Å². The van der Waals surface area contributed by atoms with Crippen LogP contribution in [-0.4, -0.2) is 18.8 Å². The first-order chi connectivity index (χ1) is 8.78. The molecule has 0 saturated carbocycles. The molecule has 0 radical (unpaired) electrons. The second kappa shape index (κ2) is 4.88. The van der Waals surface area contributed by atoms with E-state index in [0.717, 1.165) is 31.6 Å². The van der Waals surface area contributed by atoms with Gasteiger partial charge in [0.2, 0.25) is 0 Å². The summed E-state index contributed by atoms with van der Waals surface area (Å²) in [5, 5.41) is 0. The molecule has 3 N–H and O–H groups in total. The number of nitrogens with one attached hydrogen (secondary N) is 1. The van der Waals surface area contributed by atoms with Gasteiger partial charge in [-0.1, -0.05) is 12.1 Å². The van der Waals surface area contributed by atoms with E-state index in [9.17, 15) is 0 Å². The lowest BCUT2D eigenvalue weighted by Gasteiger charge is -2.23. The summed E-state index contributed by atoms with van der Waals surface area (Å²) in [5.41, 5.74) is 5.38. The summed E-state index contributed by atoms with van der Waals surface area (Å²) in [6.45, 7) is 2.90. The molecule has 0 amide bonds. The van der Waals surface area contributed by atoms with Crippen LogP contribution in [0.1, 0.15) is 36.9 Å². The quantitative estimate of drug-likeness (QED) is 0.631. The fourth-order valence-corrected chi connectivity index (χ4v) is 2.90. The average Bonchev–Trinajstić information content (AvgIpc) is 2.99. The average molecular weight is 248 g/mol. The van der Waals surface area contributed by atoms with Crippen molar-refractivity contribution >= 4 is 0 Å². The van der Waals surface area contributed by atoms with Crippen LogP contribution in [0.4, 0.5) is 0 Å². The van der Waals surface area contributed by atoms with E-state index in [1.54, 1.807) is 0 Å². The molecule has 1 aromatic rings. The van der Waals surface area contributed by atoms with E-state index < -0.39 is 0 Å². The molecule has 4 heteroatoms. The Bertz CT molecular complexity index is 436. The lowest BCUT2D eigenvalue weighted by Crippen LogP contribution is -2.36.